The number of para-hydroxylation sites is 1. The molecule has 1 heterocycles. The fraction of sp³-hybridized carbons (Fsp3) is 0.250. The molecule has 3 aromatic rings. The largest absolute Gasteiger partial charge is 0.325 e. The summed E-state index contributed by atoms with van der Waals surface area (Å²) in [4.78, 5) is 33.8. The lowest BCUT2D eigenvalue weighted by Gasteiger charge is -2.19. The minimum absolute atomic E-state index is 0.134. The van der Waals surface area contributed by atoms with E-state index < -0.39 is 0 Å². The number of halogens is 1. The van der Waals surface area contributed by atoms with Crippen LogP contribution in [0.5, 0.6) is 0 Å². The Hall–Kier alpha value is -2.70. The summed E-state index contributed by atoms with van der Waals surface area (Å²) in [6, 6.07) is 12.5. The monoisotopic (exact) mass is 384 g/mol. The average Bonchev–Trinajstić information content (AvgIpc) is 2.63. The molecule has 0 saturated carbocycles. The molecule has 0 aliphatic carbocycles. The van der Waals surface area contributed by atoms with Crippen LogP contribution in [0.4, 0.5) is 5.69 Å². The predicted molar refractivity (Wildman–Crippen MR) is 108 cm³/mol. The lowest BCUT2D eigenvalue weighted by molar-refractivity contribution is -0.117. The molecule has 0 aliphatic rings. The normalized spacial score (nSPS) is 11.1. The van der Waals surface area contributed by atoms with Crippen LogP contribution >= 0.6 is 11.6 Å². The molecule has 0 fully saturated rings. The number of amides is 1. The number of fused-ring (bicyclic) bond motifs is 1. The zero-order chi connectivity index (χ0) is 19.4. The minimum atomic E-state index is -0.173. The number of carbonyl (C=O) groups is 1. The molecule has 2 aromatic carbocycles. The molecule has 0 bridgehead atoms. The SMILES string of the molecule is CCN(CC(=O)Nc1ccc(Cl)cc1C)Cc1nc2ccccc2c(=O)[nH]1. The second kappa shape index (κ2) is 8.33. The van der Waals surface area contributed by atoms with E-state index in [1.165, 1.54) is 0 Å². The molecule has 140 valence electrons. The van der Waals surface area contributed by atoms with Crippen molar-refractivity contribution in [2.24, 2.45) is 0 Å². The van der Waals surface area contributed by atoms with Crippen LogP contribution in [0.15, 0.2) is 47.3 Å². The van der Waals surface area contributed by atoms with Crippen molar-refractivity contribution >= 4 is 34.1 Å². The number of benzene rings is 2. The van der Waals surface area contributed by atoms with E-state index in [0.717, 1.165) is 11.3 Å². The van der Waals surface area contributed by atoms with Gasteiger partial charge in [0.05, 0.1) is 24.0 Å². The number of nitrogens with zero attached hydrogens (tertiary/aromatic N) is 2. The van der Waals surface area contributed by atoms with Gasteiger partial charge in [-0.1, -0.05) is 30.7 Å². The first-order chi connectivity index (χ1) is 13.0. The number of likely N-dealkylation sites (N-methyl/N-ethyl adjacent to an activating group) is 1. The highest BCUT2D eigenvalue weighted by Gasteiger charge is 2.13. The first kappa shape index (κ1) is 19.1. The van der Waals surface area contributed by atoms with Gasteiger partial charge in [-0.25, -0.2) is 4.98 Å². The summed E-state index contributed by atoms with van der Waals surface area (Å²) in [5.41, 5.74) is 2.11. The molecule has 2 N–H and O–H groups in total. The van der Waals surface area contributed by atoms with Crippen molar-refractivity contribution < 1.29 is 4.79 Å². The van der Waals surface area contributed by atoms with Gasteiger partial charge < -0.3 is 10.3 Å². The van der Waals surface area contributed by atoms with E-state index >= 15 is 0 Å². The maximum Gasteiger partial charge on any atom is 0.258 e. The molecule has 0 unspecified atom stereocenters. The van der Waals surface area contributed by atoms with Crippen LogP contribution in [0.3, 0.4) is 0 Å². The van der Waals surface area contributed by atoms with Gasteiger partial charge in [0.15, 0.2) is 0 Å². The molecule has 7 heteroatoms. The first-order valence-corrected chi connectivity index (χ1v) is 9.10. The van der Waals surface area contributed by atoms with E-state index in [1.807, 2.05) is 24.8 Å². The maximum absolute atomic E-state index is 12.4. The van der Waals surface area contributed by atoms with E-state index in [-0.39, 0.29) is 18.0 Å². The van der Waals surface area contributed by atoms with Gasteiger partial charge in [-0.15, -0.1) is 0 Å². The number of rotatable bonds is 6. The highest BCUT2D eigenvalue weighted by Crippen LogP contribution is 2.19. The highest BCUT2D eigenvalue weighted by atomic mass is 35.5. The topological polar surface area (TPSA) is 78.1 Å². The van der Waals surface area contributed by atoms with Crippen molar-refractivity contribution in [1.29, 1.82) is 0 Å². The van der Waals surface area contributed by atoms with Crippen molar-refractivity contribution in [2.45, 2.75) is 20.4 Å². The maximum atomic E-state index is 12.4. The molecule has 0 spiro atoms. The summed E-state index contributed by atoms with van der Waals surface area (Å²) in [5.74, 6) is 0.404. The number of carbonyl (C=O) groups excluding carboxylic acids is 1. The molecule has 0 saturated heterocycles. The van der Waals surface area contributed by atoms with Crippen molar-refractivity contribution in [1.82, 2.24) is 14.9 Å². The number of nitrogens with one attached hydrogen (secondary N) is 2. The van der Waals surface area contributed by atoms with Gasteiger partial charge in [-0.05, 0) is 49.4 Å². The molecule has 0 radical (unpaired) electrons. The summed E-state index contributed by atoms with van der Waals surface area (Å²) in [5, 5.41) is 4.08. The van der Waals surface area contributed by atoms with Crippen LogP contribution in [0, 0.1) is 6.92 Å². The summed E-state index contributed by atoms with van der Waals surface area (Å²) in [7, 11) is 0. The van der Waals surface area contributed by atoms with Crippen LogP contribution < -0.4 is 10.9 Å². The number of hydrogen-bond donors (Lipinski definition) is 2. The van der Waals surface area contributed by atoms with Crippen molar-refractivity contribution in [2.75, 3.05) is 18.4 Å². The molecular weight excluding hydrogens is 364 g/mol. The van der Waals surface area contributed by atoms with Crippen molar-refractivity contribution in [3.63, 3.8) is 0 Å². The van der Waals surface area contributed by atoms with Gasteiger partial charge in [0.25, 0.3) is 5.56 Å². The number of aromatic nitrogens is 2. The second-order valence-corrected chi connectivity index (χ2v) is 6.78. The number of anilines is 1. The van der Waals surface area contributed by atoms with Crippen LogP contribution in [-0.2, 0) is 11.3 Å². The first-order valence-electron chi connectivity index (χ1n) is 8.72. The number of aromatic amines is 1. The third-order valence-corrected chi connectivity index (χ3v) is 4.55. The minimum Gasteiger partial charge on any atom is -0.325 e. The molecular formula is C20H21ClN4O2. The summed E-state index contributed by atoms with van der Waals surface area (Å²) in [6.45, 7) is 5.06. The second-order valence-electron chi connectivity index (χ2n) is 6.34. The summed E-state index contributed by atoms with van der Waals surface area (Å²) >= 11 is 5.95. The number of H-pyrrole nitrogens is 1. The Morgan fingerprint density at radius 2 is 2.04 bits per heavy atom. The Morgan fingerprint density at radius 1 is 1.26 bits per heavy atom. The van der Waals surface area contributed by atoms with Gasteiger partial charge >= 0.3 is 0 Å². The Balaban J connectivity index is 1.70. The average molecular weight is 385 g/mol. The van der Waals surface area contributed by atoms with Crippen LogP contribution in [0.1, 0.15) is 18.3 Å². The van der Waals surface area contributed by atoms with E-state index in [1.54, 1.807) is 36.4 Å². The standard InChI is InChI=1S/C20H21ClN4O2/c1-3-25(12-19(26)23-16-9-8-14(21)10-13(16)2)11-18-22-17-7-5-4-6-15(17)20(27)24-18/h4-10H,3,11-12H2,1-2H3,(H,23,26)(H,22,24,27). The van der Waals surface area contributed by atoms with E-state index in [4.69, 9.17) is 11.6 Å². The van der Waals surface area contributed by atoms with E-state index in [0.29, 0.717) is 34.8 Å². The van der Waals surface area contributed by atoms with Gasteiger partial charge in [0, 0.05) is 10.7 Å². The van der Waals surface area contributed by atoms with Gasteiger partial charge in [-0.3, -0.25) is 14.5 Å². The molecule has 0 atom stereocenters. The van der Waals surface area contributed by atoms with Crippen molar-refractivity contribution in [3.05, 3.63) is 69.2 Å². The lowest BCUT2D eigenvalue weighted by Crippen LogP contribution is -2.34. The Labute approximate surface area is 162 Å². The number of hydrogen-bond acceptors (Lipinski definition) is 4. The van der Waals surface area contributed by atoms with E-state index in [2.05, 4.69) is 15.3 Å². The molecule has 0 aliphatic heterocycles. The molecule has 1 aromatic heterocycles. The smallest absolute Gasteiger partial charge is 0.258 e. The van der Waals surface area contributed by atoms with Gasteiger partial charge in [-0.2, -0.15) is 0 Å². The zero-order valence-electron chi connectivity index (χ0n) is 15.3. The fourth-order valence-corrected chi connectivity index (χ4v) is 3.09. The van der Waals surface area contributed by atoms with Crippen LogP contribution in [0.2, 0.25) is 5.02 Å². The fourth-order valence-electron chi connectivity index (χ4n) is 2.86. The van der Waals surface area contributed by atoms with Crippen LogP contribution in [0.25, 0.3) is 10.9 Å². The molecule has 1 amide bonds. The molecule has 6 nitrogen and oxygen atoms in total. The Kier molecular flexibility index (Phi) is 5.88. The van der Waals surface area contributed by atoms with Crippen LogP contribution in [-0.4, -0.2) is 33.9 Å². The Morgan fingerprint density at radius 3 is 2.78 bits per heavy atom. The number of aryl methyl sites for hydroxylation is 1. The third kappa shape index (κ3) is 4.72. The summed E-state index contributed by atoms with van der Waals surface area (Å²) in [6.07, 6.45) is 0. The molecule has 27 heavy (non-hydrogen) atoms. The lowest BCUT2D eigenvalue weighted by atomic mass is 10.2. The van der Waals surface area contributed by atoms with E-state index in [9.17, 15) is 9.59 Å². The highest BCUT2D eigenvalue weighted by molar-refractivity contribution is 6.30. The van der Waals surface area contributed by atoms with Gasteiger partial charge in [0.1, 0.15) is 5.82 Å². The third-order valence-electron chi connectivity index (χ3n) is 4.31. The van der Waals surface area contributed by atoms with Crippen molar-refractivity contribution in [3.8, 4) is 0 Å². The Bertz CT molecular complexity index is 1030. The zero-order valence-corrected chi connectivity index (χ0v) is 16.0. The van der Waals surface area contributed by atoms with Gasteiger partial charge in [0.2, 0.25) is 5.91 Å². The predicted octanol–water partition coefficient (Wildman–Crippen LogP) is 3.35. The quantitative estimate of drug-likeness (QED) is 0.683. The summed E-state index contributed by atoms with van der Waals surface area (Å²) < 4.78 is 0. The molecule has 3 rings (SSSR count).